The third-order valence-corrected chi connectivity index (χ3v) is 3.51. The fraction of sp³-hybridized carbons (Fsp3) is 0.636. The number of ketones is 1. The van der Waals surface area contributed by atoms with Gasteiger partial charge in [0.25, 0.3) is 0 Å². The van der Waals surface area contributed by atoms with Crippen LogP contribution in [0.25, 0.3) is 0 Å². The summed E-state index contributed by atoms with van der Waals surface area (Å²) in [6.07, 6.45) is 2.93. The van der Waals surface area contributed by atoms with Gasteiger partial charge in [0.05, 0.1) is 11.2 Å². The maximum Gasteiger partial charge on any atom is 0.137 e. The van der Waals surface area contributed by atoms with Gasteiger partial charge in [-0.2, -0.15) is 0 Å². The minimum atomic E-state index is 0.272. The highest BCUT2D eigenvalue weighted by molar-refractivity contribution is 7.07. The van der Waals surface area contributed by atoms with Gasteiger partial charge in [-0.15, -0.1) is 11.3 Å². The fourth-order valence-corrected chi connectivity index (χ4v) is 2.66. The smallest absolute Gasteiger partial charge is 0.137 e. The van der Waals surface area contributed by atoms with Gasteiger partial charge < -0.3 is 0 Å². The molecule has 1 aliphatic carbocycles. The Hall–Kier alpha value is -0.740. The van der Waals surface area contributed by atoms with Crippen molar-refractivity contribution in [3.05, 3.63) is 16.6 Å². The molecule has 1 heterocycles. The number of thiazole rings is 1. The van der Waals surface area contributed by atoms with Crippen LogP contribution in [0.15, 0.2) is 10.9 Å². The van der Waals surface area contributed by atoms with E-state index in [4.69, 9.17) is 0 Å². The van der Waals surface area contributed by atoms with Gasteiger partial charge in [-0.05, 0) is 19.9 Å². The van der Waals surface area contributed by atoms with Crippen LogP contribution in [-0.4, -0.2) is 29.3 Å². The van der Waals surface area contributed by atoms with Crippen LogP contribution >= 0.6 is 11.3 Å². The Morgan fingerprint density at radius 2 is 2.53 bits per heavy atom. The van der Waals surface area contributed by atoms with Crippen LogP contribution in [0.5, 0.6) is 0 Å². The molecule has 0 saturated heterocycles. The summed E-state index contributed by atoms with van der Waals surface area (Å²) in [5.74, 6) is 0.716. The average Bonchev–Trinajstić information content (AvgIpc) is 2.79. The lowest BCUT2D eigenvalue weighted by Gasteiger charge is -2.18. The molecule has 1 saturated carbocycles. The topological polar surface area (TPSA) is 33.2 Å². The third-order valence-electron chi connectivity index (χ3n) is 2.88. The van der Waals surface area contributed by atoms with E-state index >= 15 is 0 Å². The third kappa shape index (κ3) is 2.86. The number of nitrogens with zero attached hydrogens (tertiary/aromatic N) is 2. The summed E-state index contributed by atoms with van der Waals surface area (Å²) >= 11 is 1.62. The molecule has 0 aliphatic heterocycles. The fourth-order valence-electron chi connectivity index (χ4n) is 2.11. The van der Waals surface area contributed by atoms with Crippen LogP contribution in [0.3, 0.4) is 0 Å². The number of carbonyl (C=O) groups is 1. The van der Waals surface area contributed by atoms with Gasteiger partial charge in [0.1, 0.15) is 5.78 Å². The van der Waals surface area contributed by atoms with Gasteiger partial charge in [0.2, 0.25) is 0 Å². The lowest BCUT2D eigenvalue weighted by atomic mass is 10.1. The molecule has 2 rings (SSSR count). The van der Waals surface area contributed by atoms with E-state index in [-0.39, 0.29) is 5.92 Å². The van der Waals surface area contributed by atoms with Crippen LogP contribution in [0.1, 0.15) is 25.0 Å². The molecule has 82 valence electrons. The highest BCUT2D eigenvalue weighted by atomic mass is 32.1. The molecule has 1 atom stereocenters. The largest absolute Gasteiger partial charge is 0.300 e. The number of rotatable bonds is 4. The van der Waals surface area contributed by atoms with Crippen molar-refractivity contribution in [2.45, 2.75) is 25.8 Å². The zero-order valence-electron chi connectivity index (χ0n) is 8.98. The molecule has 1 aromatic heterocycles. The van der Waals surface area contributed by atoms with Crippen LogP contribution in [-0.2, 0) is 11.3 Å². The zero-order valence-corrected chi connectivity index (χ0v) is 9.80. The molecular weight excluding hydrogens is 208 g/mol. The first-order chi connectivity index (χ1) is 7.25. The highest BCUT2D eigenvalue weighted by Crippen LogP contribution is 2.22. The second-order valence-corrected chi connectivity index (χ2v) is 4.95. The van der Waals surface area contributed by atoms with E-state index in [1.807, 2.05) is 5.51 Å². The van der Waals surface area contributed by atoms with Gasteiger partial charge in [-0.25, -0.2) is 4.98 Å². The number of hydrogen-bond acceptors (Lipinski definition) is 4. The summed E-state index contributed by atoms with van der Waals surface area (Å²) in [4.78, 5) is 17.9. The van der Waals surface area contributed by atoms with E-state index < -0.39 is 0 Å². The molecule has 0 amide bonds. The predicted molar refractivity (Wildman–Crippen MR) is 60.8 cm³/mol. The zero-order chi connectivity index (χ0) is 10.7. The van der Waals surface area contributed by atoms with Crippen LogP contribution < -0.4 is 0 Å². The first-order valence-electron chi connectivity index (χ1n) is 5.34. The second kappa shape index (κ2) is 4.86. The quantitative estimate of drug-likeness (QED) is 0.783. The van der Waals surface area contributed by atoms with Gasteiger partial charge in [-0.1, -0.05) is 0 Å². The Morgan fingerprint density at radius 3 is 3.13 bits per heavy atom. The van der Waals surface area contributed by atoms with Gasteiger partial charge in [0, 0.05) is 30.8 Å². The Morgan fingerprint density at radius 1 is 1.67 bits per heavy atom. The van der Waals surface area contributed by atoms with Crippen molar-refractivity contribution in [2.24, 2.45) is 5.92 Å². The molecule has 4 heteroatoms. The predicted octanol–water partition coefficient (Wildman–Crippen LogP) is 1.94. The molecule has 1 aromatic rings. The number of aromatic nitrogens is 1. The summed E-state index contributed by atoms with van der Waals surface area (Å²) in [5.41, 5.74) is 2.96. The number of hydrogen-bond donors (Lipinski definition) is 0. The molecule has 1 unspecified atom stereocenters. The number of Topliss-reactive ketones (excluding diaryl/α,β-unsaturated/α-hetero) is 1. The first-order valence-corrected chi connectivity index (χ1v) is 6.28. The Labute approximate surface area is 94.1 Å². The van der Waals surface area contributed by atoms with E-state index in [0.717, 1.165) is 38.0 Å². The monoisotopic (exact) mass is 224 g/mol. The van der Waals surface area contributed by atoms with Crippen LogP contribution in [0.2, 0.25) is 0 Å². The Balaban J connectivity index is 1.82. The van der Waals surface area contributed by atoms with E-state index in [1.165, 1.54) is 0 Å². The van der Waals surface area contributed by atoms with E-state index in [2.05, 4.69) is 22.3 Å². The van der Waals surface area contributed by atoms with Gasteiger partial charge in [0.15, 0.2) is 0 Å². The molecule has 1 fully saturated rings. The van der Waals surface area contributed by atoms with Gasteiger partial charge >= 0.3 is 0 Å². The second-order valence-electron chi connectivity index (χ2n) is 4.23. The molecule has 0 bridgehead atoms. The molecule has 0 spiro atoms. The van der Waals surface area contributed by atoms with E-state index in [9.17, 15) is 4.79 Å². The van der Waals surface area contributed by atoms with E-state index in [0.29, 0.717) is 5.78 Å². The first kappa shape index (κ1) is 10.8. The molecule has 0 radical (unpaired) electrons. The van der Waals surface area contributed by atoms with Crippen LogP contribution in [0, 0.1) is 5.92 Å². The maximum absolute atomic E-state index is 11.5. The minimum Gasteiger partial charge on any atom is -0.300 e. The van der Waals surface area contributed by atoms with Crippen molar-refractivity contribution in [3.8, 4) is 0 Å². The molecule has 3 nitrogen and oxygen atoms in total. The van der Waals surface area contributed by atoms with E-state index in [1.54, 1.807) is 11.3 Å². The normalized spacial score (nSPS) is 21.5. The molecule has 0 aromatic carbocycles. The standard InChI is InChI=1S/C11H16N2OS/c1-13(6-10-7-15-8-12-10)5-9-3-2-4-11(9)14/h7-9H,2-6H2,1H3. The number of carbonyl (C=O) groups excluding carboxylic acids is 1. The highest BCUT2D eigenvalue weighted by Gasteiger charge is 2.25. The van der Waals surface area contributed by atoms with Crippen molar-refractivity contribution in [1.29, 1.82) is 0 Å². The molecular formula is C11H16N2OS. The Bertz CT molecular complexity index is 323. The Kier molecular flexibility index (Phi) is 3.49. The molecule has 15 heavy (non-hydrogen) atoms. The summed E-state index contributed by atoms with van der Waals surface area (Å²) in [6.45, 7) is 1.74. The summed E-state index contributed by atoms with van der Waals surface area (Å²) < 4.78 is 0. The van der Waals surface area contributed by atoms with Crippen molar-refractivity contribution in [3.63, 3.8) is 0 Å². The van der Waals surface area contributed by atoms with Gasteiger partial charge in [-0.3, -0.25) is 9.69 Å². The van der Waals surface area contributed by atoms with Crippen molar-refractivity contribution in [2.75, 3.05) is 13.6 Å². The summed E-state index contributed by atoms with van der Waals surface area (Å²) in [5, 5.41) is 2.06. The molecule has 1 aliphatic rings. The SMILES string of the molecule is CN(Cc1cscn1)CC1CCCC1=O. The van der Waals surface area contributed by atoms with Crippen molar-refractivity contribution >= 4 is 17.1 Å². The minimum absolute atomic E-state index is 0.272. The van der Waals surface area contributed by atoms with Crippen LogP contribution in [0.4, 0.5) is 0 Å². The molecule has 0 N–H and O–H groups in total. The van der Waals surface area contributed by atoms with Crippen molar-refractivity contribution < 1.29 is 4.79 Å². The lowest BCUT2D eigenvalue weighted by molar-refractivity contribution is -0.121. The lowest BCUT2D eigenvalue weighted by Crippen LogP contribution is -2.27. The maximum atomic E-state index is 11.5. The average molecular weight is 224 g/mol. The summed E-state index contributed by atoms with van der Waals surface area (Å²) in [7, 11) is 2.06. The van der Waals surface area contributed by atoms with Crippen molar-refractivity contribution in [1.82, 2.24) is 9.88 Å². The summed E-state index contributed by atoms with van der Waals surface area (Å²) in [6, 6.07) is 0.